The Morgan fingerprint density at radius 3 is 2.50 bits per heavy atom. The van der Waals surface area contributed by atoms with Crippen molar-refractivity contribution in [2.24, 2.45) is 29.1 Å². The van der Waals surface area contributed by atoms with Gasteiger partial charge in [-0.1, -0.05) is 27.7 Å². The van der Waals surface area contributed by atoms with Gasteiger partial charge in [0.1, 0.15) is 0 Å². The van der Waals surface area contributed by atoms with Crippen LogP contribution in [0.15, 0.2) is 0 Å². The summed E-state index contributed by atoms with van der Waals surface area (Å²) >= 11 is 0. The average Bonchev–Trinajstić information content (AvgIpc) is 2.24. The molecule has 0 aliphatic heterocycles. The zero-order valence-corrected chi connectivity index (χ0v) is 11.4. The quantitative estimate of drug-likeness (QED) is 0.717. The highest BCUT2D eigenvalue weighted by Gasteiger charge is 2.49. The van der Waals surface area contributed by atoms with Crippen molar-refractivity contribution in [3.63, 3.8) is 0 Å². The smallest absolute Gasteiger partial charge is 0.0596 e. The predicted octanol–water partition coefficient (Wildman–Crippen LogP) is 3.86. The van der Waals surface area contributed by atoms with Gasteiger partial charge < -0.3 is 5.11 Å². The molecule has 2 aliphatic rings. The van der Waals surface area contributed by atoms with Crippen LogP contribution >= 0.6 is 0 Å². The van der Waals surface area contributed by atoms with Crippen molar-refractivity contribution in [2.75, 3.05) is 0 Å². The molecule has 2 rings (SSSR count). The molecule has 0 saturated heterocycles. The van der Waals surface area contributed by atoms with Gasteiger partial charge in [0, 0.05) is 0 Å². The Balaban J connectivity index is 2.15. The Hall–Kier alpha value is -0.0400. The molecule has 1 N–H and O–H groups in total. The molecule has 2 saturated carbocycles. The van der Waals surface area contributed by atoms with Gasteiger partial charge in [-0.05, 0) is 61.2 Å². The third-order valence-corrected chi connectivity index (χ3v) is 5.74. The number of fused-ring (bicyclic) bond motifs is 1. The lowest BCUT2D eigenvalue weighted by atomic mass is 9.53. The maximum Gasteiger partial charge on any atom is 0.0596 e. The molecule has 2 fully saturated rings. The van der Waals surface area contributed by atoms with Crippen LogP contribution in [-0.2, 0) is 0 Å². The van der Waals surface area contributed by atoms with Gasteiger partial charge in [0.15, 0.2) is 0 Å². The summed E-state index contributed by atoms with van der Waals surface area (Å²) in [6.07, 6.45) is 6.14. The molecule has 0 bridgehead atoms. The monoisotopic (exact) mass is 224 g/mol. The van der Waals surface area contributed by atoms with E-state index >= 15 is 0 Å². The van der Waals surface area contributed by atoms with Crippen molar-refractivity contribution in [1.82, 2.24) is 0 Å². The van der Waals surface area contributed by atoms with Crippen molar-refractivity contribution in [1.29, 1.82) is 0 Å². The second kappa shape index (κ2) is 4.33. The Bertz CT molecular complexity index is 248. The van der Waals surface area contributed by atoms with E-state index in [1.54, 1.807) is 0 Å². The highest BCUT2D eigenvalue weighted by atomic mass is 16.3. The first-order chi connectivity index (χ1) is 7.45. The van der Waals surface area contributed by atoms with Gasteiger partial charge in [0.25, 0.3) is 0 Å². The minimum atomic E-state index is -0.0400. The standard InChI is InChI=1S/C15H28O/c1-10(2)12-7-8-15(4)13(9-12)11(3)5-6-14(15)16/h10-14,16H,5-9H2,1-4H3/t11-,12+,13-,14-,15+/m0/s1. The van der Waals surface area contributed by atoms with Crippen LogP contribution in [-0.4, -0.2) is 11.2 Å². The summed E-state index contributed by atoms with van der Waals surface area (Å²) in [6, 6.07) is 0. The SMILES string of the molecule is CC(C)[C@@H]1CC[C@@]2(C)[C@@H](O)CC[C@H](C)[C@@H]2C1. The van der Waals surface area contributed by atoms with Crippen LogP contribution in [0.1, 0.15) is 59.8 Å². The molecular formula is C15H28O. The van der Waals surface area contributed by atoms with Gasteiger partial charge in [-0.3, -0.25) is 0 Å². The molecule has 1 nitrogen and oxygen atoms in total. The molecule has 1 heteroatoms. The Kier molecular flexibility index (Phi) is 3.36. The van der Waals surface area contributed by atoms with E-state index in [4.69, 9.17) is 0 Å². The third kappa shape index (κ3) is 1.92. The molecule has 0 aromatic heterocycles. The molecule has 0 aromatic rings. The largest absolute Gasteiger partial charge is 0.393 e. The summed E-state index contributed by atoms with van der Waals surface area (Å²) in [6.45, 7) is 9.46. The summed E-state index contributed by atoms with van der Waals surface area (Å²) in [7, 11) is 0. The number of aliphatic hydroxyl groups excluding tert-OH is 1. The van der Waals surface area contributed by atoms with Gasteiger partial charge in [-0.2, -0.15) is 0 Å². The summed E-state index contributed by atoms with van der Waals surface area (Å²) in [4.78, 5) is 0. The fourth-order valence-corrected chi connectivity index (χ4v) is 4.25. The Labute approximate surface area is 101 Å². The number of hydrogen-bond acceptors (Lipinski definition) is 1. The van der Waals surface area contributed by atoms with E-state index in [0.717, 1.165) is 30.1 Å². The van der Waals surface area contributed by atoms with Crippen LogP contribution in [0.5, 0.6) is 0 Å². The summed E-state index contributed by atoms with van der Waals surface area (Å²) in [5.41, 5.74) is 0.225. The van der Waals surface area contributed by atoms with E-state index in [0.29, 0.717) is 0 Å². The summed E-state index contributed by atoms with van der Waals surface area (Å²) in [5.74, 6) is 3.29. The van der Waals surface area contributed by atoms with Gasteiger partial charge >= 0.3 is 0 Å². The molecule has 5 atom stereocenters. The molecule has 16 heavy (non-hydrogen) atoms. The van der Waals surface area contributed by atoms with E-state index in [1.165, 1.54) is 25.7 Å². The maximum absolute atomic E-state index is 10.3. The van der Waals surface area contributed by atoms with Gasteiger partial charge in [-0.25, -0.2) is 0 Å². The minimum absolute atomic E-state index is 0.0400. The number of hydrogen-bond donors (Lipinski definition) is 1. The molecule has 0 aromatic carbocycles. The van der Waals surface area contributed by atoms with E-state index in [2.05, 4.69) is 27.7 Å². The van der Waals surface area contributed by atoms with Crippen LogP contribution in [0.3, 0.4) is 0 Å². The van der Waals surface area contributed by atoms with Crippen molar-refractivity contribution in [3.05, 3.63) is 0 Å². The van der Waals surface area contributed by atoms with Crippen LogP contribution in [0.25, 0.3) is 0 Å². The first-order valence-corrected chi connectivity index (χ1v) is 7.13. The van der Waals surface area contributed by atoms with Crippen molar-refractivity contribution >= 4 is 0 Å². The van der Waals surface area contributed by atoms with Gasteiger partial charge in [0.05, 0.1) is 6.10 Å². The second-order valence-corrected chi connectivity index (χ2v) is 6.96. The van der Waals surface area contributed by atoms with E-state index in [9.17, 15) is 5.11 Å². The summed E-state index contributed by atoms with van der Waals surface area (Å²) < 4.78 is 0. The molecule has 0 heterocycles. The van der Waals surface area contributed by atoms with E-state index < -0.39 is 0 Å². The summed E-state index contributed by atoms with van der Waals surface area (Å²) in [5, 5.41) is 10.3. The zero-order valence-electron chi connectivity index (χ0n) is 11.4. The topological polar surface area (TPSA) is 20.2 Å². The third-order valence-electron chi connectivity index (χ3n) is 5.74. The first kappa shape index (κ1) is 12.4. The normalized spacial score (nSPS) is 49.1. The molecule has 94 valence electrons. The van der Waals surface area contributed by atoms with E-state index in [1.807, 2.05) is 0 Å². The Morgan fingerprint density at radius 1 is 1.19 bits per heavy atom. The Morgan fingerprint density at radius 2 is 1.88 bits per heavy atom. The molecule has 2 aliphatic carbocycles. The van der Waals surface area contributed by atoms with E-state index in [-0.39, 0.29) is 11.5 Å². The van der Waals surface area contributed by atoms with Crippen LogP contribution in [0.2, 0.25) is 0 Å². The highest BCUT2D eigenvalue weighted by molar-refractivity contribution is 4.99. The number of rotatable bonds is 1. The lowest BCUT2D eigenvalue weighted by Crippen LogP contribution is -2.49. The first-order valence-electron chi connectivity index (χ1n) is 7.13. The fourth-order valence-electron chi connectivity index (χ4n) is 4.25. The lowest BCUT2D eigenvalue weighted by Gasteiger charge is -2.53. The van der Waals surface area contributed by atoms with Gasteiger partial charge in [-0.15, -0.1) is 0 Å². The van der Waals surface area contributed by atoms with Crippen molar-refractivity contribution < 1.29 is 5.11 Å². The van der Waals surface area contributed by atoms with Gasteiger partial charge in [0.2, 0.25) is 0 Å². The van der Waals surface area contributed by atoms with Crippen LogP contribution in [0.4, 0.5) is 0 Å². The second-order valence-electron chi connectivity index (χ2n) is 6.96. The molecule has 0 radical (unpaired) electrons. The van der Waals surface area contributed by atoms with Crippen LogP contribution < -0.4 is 0 Å². The lowest BCUT2D eigenvalue weighted by molar-refractivity contribution is -0.103. The van der Waals surface area contributed by atoms with Crippen molar-refractivity contribution in [2.45, 2.75) is 65.9 Å². The molecule has 0 spiro atoms. The zero-order chi connectivity index (χ0) is 11.9. The highest BCUT2D eigenvalue weighted by Crippen LogP contribution is 2.54. The van der Waals surface area contributed by atoms with Crippen molar-refractivity contribution in [3.8, 4) is 0 Å². The number of aliphatic hydroxyl groups is 1. The molecule has 0 unspecified atom stereocenters. The molecule has 0 amide bonds. The minimum Gasteiger partial charge on any atom is -0.393 e. The fraction of sp³-hybridized carbons (Fsp3) is 1.00. The maximum atomic E-state index is 10.3. The van der Waals surface area contributed by atoms with Crippen LogP contribution in [0, 0.1) is 29.1 Å². The molecular weight excluding hydrogens is 196 g/mol. The predicted molar refractivity (Wildman–Crippen MR) is 68.2 cm³/mol. The average molecular weight is 224 g/mol.